The van der Waals surface area contributed by atoms with Crippen molar-refractivity contribution in [2.24, 2.45) is 5.92 Å². The Morgan fingerprint density at radius 3 is 2.09 bits per heavy atom. The molecule has 2 aromatic carbocycles. The number of halogens is 2. The number of nitrogens with one attached hydrogen (secondary N) is 2. The van der Waals surface area contributed by atoms with Crippen LogP contribution >= 0.6 is 22.6 Å². The third kappa shape index (κ3) is 7.79. The van der Waals surface area contributed by atoms with Crippen LogP contribution in [0.2, 0.25) is 23.2 Å². The van der Waals surface area contributed by atoms with E-state index >= 15 is 4.39 Å². The van der Waals surface area contributed by atoms with Gasteiger partial charge in [0.2, 0.25) is 11.9 Å². The first-order valence-electron chi connectivity index (χ1n) is 19.0. The van der Waals surface area contributed by atoms with Gasteiger partial charge in [-0.15, -0.1) is 0 Å². The van der Waals surface area contributed by atoms with Crippen LogP contribution in [0.1, 0.15) is 74.5 Å². The van der Waals surface area contributed by atoms with E-state index in [1.165, 1.54) is 0 Å². The fraction of sp³-hybridized carbons (Fsp3) is 0.550. The van der Waals surface area contributed by atoms with E-state index in [0.29, 0.717) is 21.4 Å². The zero-order valence-corrected chi connectivity index (χ0v) is 37.4. The summed E-state index contributed by atoms with van der Waals surface area (Å²) < 4.78 is 41.5. The molecule has 3 heterocycles. The Balaban J connectivity index is 1.47. The summed E-state index contributed by atoms with van der Waals surface area (Å²) in [5.41, 5.74) is -0.332. The molecule has 14 heteroatoms. The van der Waals surface area contributed by atoms with Crippen molar-refractivity contribution >= 4 is 78.4 Å². The van der Waals surface area contributed by atoms with Crippen LogP contribution in [0.5, 0.6) is 0 Å². The van der Waals surface area contributed by atoms with E-state index in [4.69, 9.17) is 23.6 Å². The molecular formula is C40H56FIN6O4Si2. The van der Waals surface area contributed by atoms with Gasteiger partial charge in [-0.1, -0.05) is 139 Å². The van der Waals surface area contributed by atoms with Gasteiger partial charge in [0.1, 0.15) is 11.7 Å². The molecule has 0 unspecified atom stereocenters. The maximum atomic E-state index is 17.7. The third-order valence-electron chi connectivity index (χ3n) is 11.2. The summed E-state index contributed by atoms with van der Waals surface area (Å²) in [7, 11) is -5.61. The van der Waals surface area contributed by atoms with Crippen LogP contribution in [0.15, 0.2) is 67.0 Å². The van der Waals surface area contributed by atoms with Gasteiger partial charge < -0.3 is 18.9 Å². The van der Waals surface area contributed by atoms with Gasteiger partial charge >= 0.3 is 0 Å². The van der Waals surface area contributed by atoms with Crippen LogP contribution in [0.3, 0.4) is 0 Å². The Morgan fingerprint density at radius 2 is 1.59 bits per heavy atom. The molecule has 6 rings (SSSR count). The molecule has 2 fully saturated rings. The number of hydrogen-bond donors (Lipinski definition) is 2. The molecule has 10 nitrogen and oxygen atoms in total. The van der Waals surface area contributed by atoms with Gasteiger partial charge in [0.15, 0.2) is 37.7 Å². The van der Waals surface area contributed by atoms with Gasteiger partial charge in [-0.2, -0.15) is 9.97 Å². The highest BCUT2D eigenvalue weighted by Gasteiger charge is 2.61. The lowest BCUT2D eigenvalue weighted by Crippen LogP contribution is -2.68. The molecule has 1 saturated carbocycles. The van der Waals surface area contributed by atoms with E-state index in [2.05, 4.69) is 141 Å². The molecule has 292 valence electrons. The number of rotatable bonds is 13. The predicted molar refractivity (Wildman–Crippen MR) is 228 cm³/mol. The SMILES string of the molecule is CC(C)C(=O)Nc1nc(NC2CC2)c2ncn([C@@H]3O[C@](CI)(CO[Si](c4ccccc4)(c4ccccc4)C(C)(C)C)[C@@H](O[Si](C)(C)C(C)(C)C)[C@H]3F)c2n1. The molecule has 1 aliphatic carbocycles. The normalized spacial score (nSPS) is 22.6. The third-order valence-corrected chi connectivity index (χ3v) is 21.9. The lowest BCUT2D eigenvalue weighted by molar-refractivity contribution is -0.118. The second-order valence-corrected chi connectivity index (χ2v) is 27.5. The molecule has 54 heavy (non-hydrogen) atoms. The molecular weight excluding hydrogens is 831 g/mol. The van der Waals surface area contributed by atoms with Crippen molar-refractivity contribution < 1.29 is 22.8 Å². The van der Waals surface area contributed by atoms with Crippen molar-refractivity contribution in [3.05, 3.63) is 67.0 Å². The average molecular weight is 887 g/mol. The largest absolute Gasteiger partial charge is 0.408 e. The zero-order chi connectivity index (χ0) is 39.3. The number of fused-ring (bicyclic) bond motifs is 1. The molecule has 4 atom stereocenters. The maximum absolute atomic E-state index is 17.7. The highest BCUT2D eigenvalue weighted by molar-refractivity contribution is 14.1. The Hall–Kier alpha value is -2.77. The number of ether oxygens (including phenoxy) is 1. The molecule has 2 aliphatic rings. The highest BCUT2D eigenvalue weighted by Crippen LogP contribution is 2.49. The lowest BCUT2D eigenvalue weighted by atomic mass is 9.99. The van der Waals surface area contributed by atoms with E-state index < -0.39 is 40.7 Å². The average Bonchev–Trinajstić information content (AvgIpc) is 3.77. The van der Waals surface area contributed by atoms with Crippen molar-refractivity contribution in [3.63, 3.8) is 0 Å². The number of nitrogens with zero attached hydrogens (tertiary/aromatic N) is 4. The molecule has 4 aromatic rings. The second-order valence-electron chi connectivity index (χ2n) is 17.7. The minimum atomic E-state index is -3.05. The molecule has 1 saturated heterocycles. The number of benzene rings is 2. The minimum absolute atomic E-state index is 0.102. The summed E-state index contributed by atoms with van der Waals surface area (Å²) in [6.45, 7) is 21.2. The summed E-state index contributed by atoms with van der Waals surface area (Å²) in [6.07, 6.45) is -0.111. The number of anilines is 2. The van der Waals surface area contributed by atoms with Crippen molar-refractivity contribution in [2.45, 2.75) is 122 Å². The number of aromatic nitrogens is 4. The Morgan fingerprint density at radius 1 is 1.00 bits per heavy atom. The monoisotopic (exact) mass is 886 g/mol. The van der Waals surface area contributed by atoms with Gasteiger partial charge in [-0.05, 0) is 46.4 Å². The number of carbonyl (C=O) groups is 1. The van der Waals surface area contributed by atoms with Crippen LogP contribution in [0, 0.1) is 5.92 Å². The van der Waals surface area contributed by atoms with Crippen LogP contribution < -0.4 is 21.0 Å². The van der Waals surface area contributed by atoms with E-state index in [-0.39, 0.29) is 40.5 Å². The zero-order valence-electron chi connectivity index (χ0n) is 33.2. The van der Waals surface area contributed by atoms with E-state index in [9.17, 15) is 4.79 Å². The summed E-state index contributed by atoms with van der Waals surface area (Å²) in [5.74, 6) is 0.128. The Labute approximate surface area is 335 Å². The van der Waals surface area contributed by atoms with E-state index in [0.717, 1.165) is 23.2 Å². The lowest BCUT2D eigenvalue weighted by Gasteiger charge is -2.47. The van der Waals surface area contributed by atoms with Crippen molar-refractivity contribution in [1.82, 2.24) is 19.5 Å². The van der Waals surface area contributed by atoms with Crippen molar-refractivity contribution in [2.75, 3.05) is 21.7 Å². The van der Waals surface area contributed by atoms with Gasteiger partial charge in [-0.25, -0.2) is 9.37 Å². The predicted octanol–water partition coefficient (Wildman–Crippen LogP) is 8.00. The summed E-state index contributed by atoms with van der Waals surface area (Å²) in [4.78, 5) is 26.9. The quantitative estimate of drug-likeness (QED) is 0.0790. The maximum Gasteiger partial charge on any atom is 0.261 e. The fourth-order valence-corrected chi connectivity index (χ4v) is 13.7. The van der Waals surface area contributed by atoms with Crippen molar-refractivity contribution in [3.8, 4) is 0 Å². The summed E-state index contributed by atoms with van der Waals surface area (Å²) in [5, 5.41) is 8.04. The van der Waals surface area contributed by atoms with E-state index in [1.54, 1.807) is 10.9 Å². The van der Waals surface area contributed by atoms with Crippen molar-refractivity contribution in [1.29, 1.82) is 0 Å². The van der Waals surface area contributed by atoms with E-state index in [1.807, 2.05) is 26.0 Å². The smallest absolute Gasteiger partial charge is 0.261 e. The number of imidazole rings is 1. The van der Waals surface area contributed by atoms with Crippen LogP contribution in [-0.2, 0) is 18.4 Å². The molecule has 0 radical (unpaired) electrons. The van der Waals surface area contributed by atoms with Gasteiger partial charge in [0.05, 0.1) is 12.9 Å². The van der Waals surface area contributed by atoms with Gasteiger partial charge in [0.25, 0.3) is 8.32 Å². The second kappa shape index (κ2) is 15.3. The molecule has 0 spiro atoms. The number of amides is 1. The van der Waals surface area contributed by atoms with Crippen LogP contribution in [-0.4, -0.2) is 77.0 Å². The first-order valence-corrected chi connectivity index (χ1v) is 25.3. The summed E-state index contributed by atoms with van der Waals surface area (Å²) in [6, 6.07) is 21.1. The topological polar surface area (TPSA) is 112 Å². The molecule has 1 aliphatic heterocycles. The molecule has 0 bridgehead atoms. The van der Waals surface area contributed by atoms with Crippen LogP contribution in [0.4, 0.5) is 16.2 Å². The highest BCUT2D eigenvalue weighted by atomic mass is 127. The summed E-state index contributed by atoms with van der Waals surface area (Å²) >= 11 is 2.31. The first kappa shape index (κ1) is 40.9. The van der Waals surface area contributed by atoms with Gasteiger partial charge in [-0.3, -0.25) is 14.7 Å². The Bertz CT molecular complexity index is 1890. The fourth-order valence-electron chi connectivity index (χ4n) is 6.88. The molecule has 2 aromatic heterocycles. The Kier molecular flexibility index (Phi) is 11.6. The number of carbonyl (C=O) groups excluding carboxylic acids is 1. The number of hydrogen-bond acceptors (Lipinski definition) is 8. The molecule has 2 N–H and O–H groups in total. The van der Waals surface area contributed by atoms with Crippen LogP contribution in [0.25, 0.3) is 11.2 Å². The van der Waals surface area contributed by atoms with Gasteiger partial charge in [0, 0.05) is 16.4 Å². The minimum Gasteiger partial charge on any atom is -0.408 e. The first-order chi connectivity index (χ1) is 25.3. The number of alkyl halides is 2. The standard InChI is InChI=1S/C40H56FIN6O4Si2/c1-26(2)35(49)47-37-45-33(44-27-21-22-27)31-34(46-37)48(25-43-31)36-30(41)32(52-53(9,10)38(3,4)5)40(23-42,51-36)24-50-54(39(6,7)8,28-17-13-11-14-18-28)29-19-15-12-16-20-29/h11-20,25-27,30,32,36H,21-24H2,1-10H3,(H2,44,45,46,47,49)/t30-,32+,36-,40-/m1/s1. The molecule has 1 amide bonds.